The van der Waals surface area contributed by atoms with E-state index in [9.17, 15) is 9.59 Å². The molecule has 42 heavy (non-hydrogen) atoms. The van der Waals surface area contributed by atoms with Crippen LogP contribution in [0.3, 0.4) is 0 Å². The molecule has 0 fully saturated rings. The summed E-state index contributed by atoms with van der Waals surface area (Å²) in [6, 6.07) is 25.5. The molecule has 8 nitrogen and oxygen atoms in total. The number of fused-ring (bicyclic) bond motifs is 1. The van der Waals surface area contributed by atoms with Crippen molar-refractivity contribution in [2.24, 2.45) is 5.10 Å². The molecule has 0 saturated heterocycles. The van der Waals surface area contributed by atoms with Gasteiger partial charge in [-0.05, 0) is 67.1 Å². The minimum Gasteiger partial charge on any atom is -0.493 e. The van der Waals surface area contributed by atoms with Gasteiger partial charge >= 0.3 is 5.97 Å². The zero-order chi connectivity index (χ0) is 29.8. The van der Waals surface area contributed by atoms with E-state index >= 15 is 0 Å². The second kappa shape index (κ2) is 12.2. The number of ether oxygens (including phenoxy) is 2. The molecule has 5 rings (SSSR count). The zero-order valence-corrected chi connectivity index (χ0v) is 24.3. The number of hydrogen-bond donors (Lipinski definition) is 2. The number of carbonyl (C=O) groups is 2. The van der Waals surface area contributed by atoms with E-state index in [-0.39, 0.29) is 5.75 Å². The number of hydrogen-bond acceptors (Lipinski definition) is 6. The summed E-state index contributed by atoms with van der Waals surface area (Å²) in [4.78, 5) is 31.2. The van der Waals surface area contributed by atoms with Gasteiger partial charge in [0, 0.05) is 46.8 Å². The van der Waals surface area contributed by atoms with Crippen LogP contribution in [0.15, 0.2) is 90.0 Å². The van der Waals surface area contributed by atoms with Crippen molar-refractivity contribution in [1.29, 1.82) is 0 Å². The largest absolute Gasteiger partial charge is 0.493 e. The van der Waals surface area contributed by atoms with Crippen molar-refractivity contribution in [2.75, 3.05) is 26.1 Å². The van der Waals surface area contributed by atoms with Crippen LogP contribution in [0.25, 0.3) is 22.0 Å². The van der Waals surface area contributed by atoms with Crippen LogP contribution in [0, 0.1) is 6.92 Å². The molecule has 0 aliphatic carbocycles. The quantitative estimate of drug-likeness (QED) is 0.0905. The Bertz CT molecular complexity index is 1830. The summed E-state index contributed by atoms with van der Waals surface area (Å²) in [5, 5.41) is 5.56. The zero-order valence-electron chi connectivity index (χ0n) is 23.6. The molecule has 0 spiro atoms. The van der Waals surface area contributed by atoms with Crippen LogP contribution >= 0.6 is 11.6 Å². The van der Waals surface area contributed by atoms with Gasteiger partial charge in [-0.25, -0.2) is 10.2 Å². The highest BCUT2D eigenvalue weighted by Gasteiger charge is 2.21. The predicted octanol–water partition coefficient (Wildman–Crippen LogP) is 6.85. The molecule has 1 heterocycles. The number of esters is 1. The summed E-state index contributed by atoms with van der Waals surface area (Å²) in [5.41, 5.74) is 8.17. The smallest absolute Gasteiger partial charge is 0.343 e. The number of aryl methyl sites for hydroxylation is 1. The average Bonchev–Trinajstić information content (AvgIpc) is 3.36. The van der Waals surface area contributed by atoms with Gasteiger partial charge in [-0.3, -0.25) is 4.79 Å². The lowest BCUT2D eigenvalue weighted by molar-refractivity contribution is 0.0729. The van der Waals surface area contributed by atoms with E-state index in [2.05, 4.69) is 15.5 Å². The van der Waals surface area contributed by atoms with Gasteiger partial charge in [0.05, 0.1) is 18.9 Å². The SMILES string of the molecule is COc1cc(C=NNC(=O)c2[nH]c3ccc(N(C)C)cc3c2-c2ccccc2Cl)ccc1OC(=O)c1cccc(C)c1. The van der Waals surface area contributed by atoms with Gasteiger partial charge in [0.2, 0.25) is 0 Å². The Labute approximate surface area is 248 Å². The second-order valence-corrected chi connectivity index (χ2v) is 10.3. The molecule has 0 unspecified atom stereocenters. The topological polar surface area (TPSA) is 96.0 Å². The van der Waals surface area contributed by atoms with Crippen molar-refractivity contribution >= 4 is 46.3 Å². The fourth-order valence-corrected chi connectivity index (χ4v) is 4.80. The maximum absolute atomic E-state index is 13.4. The van der Waals surface area contributed by atoms with Gasteiger partial charge in [-0.15, -0.1) is 0 Å². The number of amides is 1. The molecule has 2 N–H and O–H groups in total. The fourth-order valence-electron chi connectivity index (χ4n) is 4.57. The summed E-state index contributed by atoms with van der Waals surface area (Å²) in [6.07, 6.45) is 1.48. The van der Waals surface area contributed by atoms with Crippen molar-refractivity contribution in [2.45, 2.75) is 6.92 Å². The number of nitrogens with one attached hydrogen (secondary N) is 2. The highest BCUT2D eigenvalue weighted by Crippen LogP contribution is 2.38. The minimum absolute atomic E-state index is 0.268. The van der Waals surface area contributed by atoms with Crippen molar-refractivity contribution in [1.82, 2.24) is 10.4 Å². The van der Waals surface area contributed by atoms with Crippen molar-refractivity contribution < 1.29 is 19.1 Å². The lowest BCUT2D eigenvalue weighted by Gasteiger charge is -2.13. The maximum atomic E-state index is 13.4. The third kappa shape index (κ3) is 5.99. The summed E-state index contributed by atoms with van der Waals surface area (Å²) in [6.45, 7) is 1.90. The van der Waals surface area contributed by atoms with Crippen molar-refractivity contribution in [3.05, 3.63) is 112 Å². The molecule has 0 bridgehead atoms. The number of hydrazone groups is 1. The van der Waals surface area contributed by atoms with Gasteiger partial charge in [0.1, 0.15) is 5.69 Å². The molecule has 9 heteroatoms. The molecule has 212 valence electrons. The number of carbonyl (C=O) groups excluding carboxylic acids is 2. The van der Waals surface area contributed by atoms with Crippen LogP contribution < -0.4 is 19.8 Å². The molecule has 0 radical (unpaired) electrons. The van der Waals surface area contributed by atoms with Gasteiger partial charge in [-0.2, -0.15) is 5.10 Å². The molecular weight excluding hydrogens is 552 g/mol. The van der Waals surface area contributed by atoms with Crippen molar-refractivity contribution in [3.63, 3.8) is 0 Å². The van der Waals surface area contributed by atoms with Gasteiger partial charge in [-0.1, -0.05) is 47.5 Å². The molecular formula is C33H29ClN4O4. The molecule has 1 aromatic heterocycles. The first-order valence-electron chi connectivity index (χ1n) is 13.1. The van der Waals surface area contributed by atoms with Gasteiger partial charge in [0.15, 0.2) is 11.5 Å². The summed E-state index contributed by atoms with van der Waals surface area (Å²) >= 11 is 6.57. The molecule has 0 saturated carbocycles. The number of methoxy groups -OCH3 is 1. The van der Waals surface area contributed by atoms with E-state index in [1.807, 2.05) is 68.4 Å². The lowest BCUT2D eigenvalue weighted by Crippen LogP contribution is -2.19. The predicted molar refractivity (Wildman–Crippen MR) is 167 cm³/mol. The third-order valence-electron chi connectivity index (χ3n) is 6.69. The number of rotatable bonds is 8. The summed E-state index contributed by atoms with van der Waals surface area (Å²) in [5.74, 6) is -0.306. The number of H-pyrrole nitrogens is 1. The molecule has 0 aliphatic rings. The molecule has 1 amide bonds. The van der Waals surface area contributed by atoms with E-state index in [1.54, 1.807) is 42.5 Å². The minimum atomic E-state index is -0.490. The van der Waals surface area contributed by atoms with E-state index in [0.29, 0.717) is 33.2 Å². The number of nitrogens with zero attached hydrogens (tertiary/aromatic N) is 2. The van der Waals surface area contributed by atoms with E-state index in [1.165, 1.54) is 13.3 Å². The van der Waals surface area contributed by atoms with Gasteiger partial charge in [0.25, 0.3) is 5.91 Å². The number of halogens is 1. The van der Waals surface area contributed by atoms with Crippen LogP contribution in [-0.4, -0.2) is 44.3 Å². The van der Waals surface area contributed by atoms with Crippen LogP contribution in [0.4, 0.5) is 5.69 Å². The highest BCUT2D eigenvalue weighted by atomic mass is 35.5. The Morgan fingerprint density at radius 3 is 2.50 bits per heavy atom. The van der Waals surface area contributed by atoms with Gasteiger partial charge < -0.3 is 19.4 Å². The first-order valence-corrected chi connectivity index (χ1v) is 13.5. The van der Waals surface area contributed by atoms with E-state index < -0.39 is 11.9 Å². The van der Waals surface area contributed by atoms with Crippen LogP contribution in [0.5, 0.6) is 11.5 Å². The summed E-state index contributed by atoms with van der Waals surface area (Å²) in [7, 11) is 5.40. The number of benzene rings is 4. The maximum Gasteiger partial charge on any atom is 0.343 e. The average molecular weight is 581 g/mol. The number of aromatic nitrogens is 1. The molecule has 4 aromatic carbocycles. The highest BCUT2D eigenvalue weighted by molar-refractivity contribution is 6.34. The lowest BCUT2D eigenvalue weighted by atomic mass is 10.0. The molecule has 0 aliphatic heterocycles. The Balaban J connectivity index is 1.39. The van der Waals surface area contributed by atoms with Crippen LogP contribution in [0.1, 0.15) is 32.0 Å². The second-order valence-electron chi connectivity index (χ2n) is 9.85. The van der Waals surface area contributed by atoms with E-state index in [0.717, 1.165) is 27.7 Å². The van der Waals surface area contributed by atoms with E-state index in [4.69, 9.17) is 21.1 Å². The van der Waals surface area contributed by atoms with Crippen LogP contribution in [-0.2, 0) is 0 Å². The first-order chi connectivity index (χ1) is 20.2. The molecule has 0 atom stereocenters. The first kappa shape index (κ1) is 28.4. The Morgan fingerprint density at radius 2 is 1.76 bits per heavy atom. The Kier molecular flexibility index (Phi) is 8.26. The Hall–Kier alpha value is -5.08. The third-order valence-corrected chi connectivity index (χ3v) is 7.02. The van der Waals surface area contributed by atoms with Crippen molar-refractivity contribution in [3.8, 4) is 22.6 Å². The number of anilines is 1. The number of aromatic amines is 1. The molecule has 5 aromatic rings. The Morgan fingerprint density at radius 1 is 0.952 bits per heavy atom. The van der Waals surface area contributed by atoms with Crippen LogP contribution in [0.2, 0.25) is 5.02 Å². The standard InChI is InChI=1S/C33H29ClN4O4/c1-20-8-7-9-22(16-20)33(40)42-28-15-12-21(17-29(28)41-4)19-35-37-32(39)31-30(24-10-5-6-11-26(24)34)25-18-23(38(2)3)13-14-27(25)36-31/h5-19,36H,1-4H3,(H,37,39). The normalized spacial score (nSPS) is 11.1. The fraction of sp³-hybridized carbons (Fsp3) is 0.121. The summed E-state index contributed by atoms with van der Waals surface area (Å²) < 4.78 is 11.0. The monoisotopic (exact) mass is 580 g/mol.